The number of methoxy groups -OCH3 is 1. The molecule has 0 atom stereocenters. The lowest BCUT2D eigenvalue weighted by Gasteiger charge is -2.14. The summed E-state index contributed by atoms with van der Waals surface area (Å²) in [6.45, 7) is -0.214. The van der Waals surface area contributed by atoms with Crippen LogP contribution in [0.5, 0.6) is 0 Å². The van der Waals surface area contributed by atoms with Gasteiger partial charge >= 0.3 is 11.9 Å². The number of furan rings is 1. The molecule has 1 aliphatic carbocycles. The first-order valence-electron chi connectivity index (χ1n) is 9.27. The van der Waals surface area contributed by atoms with Crippen LogP contribution < -0.4 is 0 Å². The Kier molecular flexibility index (Phi) is 5.16. The normalized spacial score (nSPS) is 13.0. The molecule has 0 fully saturated rings. The summed E-state index contributed by atoms with van der Waals surface area (Å²) < 4.78 is 30.2. The molecule has 0 N–H and O–H groups in total. The van der Waals surface area contributed by atoms with E-state index in [0.29, 0.717) is 5.69 Å². The fourth-order valence-electron chi connectivity index (χ4n) is 3.50. The predicted molar refractivity (Wildman–Crippen MR) is 99.3 cm³/mol. The lowest BCUT2D eigenvalue weighted by molar-refractivity contribution is 0.0424. The predicted octanol–water partition coefficient (Wildman–Crippen LogP) is 3.63. The third kappa shape index (κ3) is 3.65. The highest BCUT2D eigenvalue weighted by atomic mass is 19.1. The molecule has 1 aliphatic rings. The Morgan fingerprint density at radius 3 is 2.66 bits per heavy atom. The van der Waals surface area contributed by atoms with E-state index < -0.39 is 11.9 Å². The number of hydrogen-bond donors (Lipinski definition) is 0. The van der Waals surface area contributed by atoms with Crippen LogP contribution in [0.4, 0.5) is 4.39 Å². The van der Waals surface area contributed by atoms with E-state index in [2.05, 4.69) is 9.84 Å². The van der Waals surface area contributed by atoms with Gasteiger partial charge in [0.25, 0.3) is 0 Å². The van der Waals surface area contributed by atoms with E-state index in [1.54, 1.807) is 16.8 Å². The first-order valence-corrected chi connectivity index (χ1v) is 9.27. The van der Waals surface area contributed by atoms with Crippen LogP contribution >= 0.6 is 0 Å². The molecule has 2 heterocycles. The van der Waals surface area contributed by atoms with Crippen molar-refractivity contribution in [2.45, 2.75) is 32.3 Å². The van der Waals surface area contributed by atoms with Crippen molar-refractivity contribution in [2.24, 2.45) is 0 Å². The Morgan fingerprint density at radius 2 is 1.90 bits per heavy atom. The molecule has 0 radical (unpaired) electrons. The third-order valence-corrected chi connectivity index (χ3v) is 4.93. The van der Waals surface area contributed by atoms with Crippen LogP contribution in [-0.4, -0.2) is 28.8 Å². The maximum absolute atomic E-state index is 13.3. The molecule has 8 heteroatoms. The number of halogens is 1. The second-order valence-electron chi connectivity index (χ2n) is 6.69. The van der Waals surface area contributed by atoms with Gasteiger partial charge in [-0.3, -0.25) is 0 Å². The van der Waals surface area contributed by atoms with Crippen molar-refractivity contribution >= 4 is 11.9 Å². The van der Waals surface area contributed by atoms with Gasteiger partial charge in [-0.15, -0.1) is 0 Å². The molecule has 2 aromatic heterocycles. The summed E-state index contributed by atoms with van der Waals surface area (Å²) in [6.07, 6.45) is 4.77. The van der Waals surface area contributed by atoms with E-state index >= 15 is 0 Å². The van der Waals surface area contributed by atoms with Crippen LogP contribution in [-0.2, 0) is 28.9 Å². The molecule has 0 aliphatic heterocycles. The molecule has 1 aromatic carbocycles. The van der Waals surface area contributed by atoms with Crippen LogP contribution in [0.3, 0.4) is 0 Å². The zero-order valence-corrected chi connectivity index (χ0v) is 15.8. The quantitative estimate of drug-likeness (QED) is 0.611. The number of esters is 2. The van der Waals surface area contributed by atoms with E-state index in [0.717, 1.165) is 36.9 Å². The monoisotopic (exact) mass is 398 g/mol. The van der Waals surface area contributed by atoms with Crippen LogP contribution in [0, 0.1) is 5.82 Å². The summed E-state index contributed by atoms with van der Waals surface area (Å²) in [5.41, 5.74) is 2.90. The number of aromatic nitrogens is 2. The molecule has 150 valence electrons. The van der Waals surface area contributed by atoms with E-state index in [1.807, 2.05) is 0 Å². The molecule has 0 spiro atoms. The summed E-state index contributed by atoms with van der Waals surface area (Å²) >= 11 is 0. The van der Waals surface area contributed by atoms with E-state index in [1.165, 1.54) is 31.6 Å². The zero-order valence-electron chi connectivity index (χ0n) is 15.8. The number of hydrogen-bond acceptors (Lipinski definition) is 6. The number of fused-ring (bicyclic) bond motifs is 1. The van der Waals surface area contributed by atoms with Crippen molar-refractivity contribution in [3.05, 3.63) is 70.7 Å². The first kappa shape index (κ1) is 18.9. The van der Waals surface area contributed by atoms with Gasteiger partial charge in [0.15, 0.2) is 18.1 Å². The van der Waals surface area contributed by atoms with Crippen LogP contribution in [0.2, 0.25) is 0 Å². The Labute approximate surface area is 166 Å². The van der Waals surface area contributed by atoms with Crippen molar-refractivity contribution in [3.8, 4) is 5.69 Å². The molecular formula is C21H19FN2O5. The Hall–Kier alpha value is -3.42. The summed E-state index contributed by atoms with van der Waals surface area (Å²) in [5.74, 6) is -1.30. The number of rotatable bonds is 5. The molecule has 0 bridgehead atoms. The van der Waals surface area contributed by atoms with Crippen molar-refractivity contribution in [2.75, 3.05) is 7.11 Å². The second kappa shape index (κ2) is 7.90. The molecule has 4 rings (SSSR count). The minimum atomic E-state index is -0.601. The fraction of sp³-hybridized carbons (Fsp3) is 0.286. The summed E-state index contributed by atoms with van der Waals surface area (Å²) in [4.78, 5) is 24.5. The number of nitrogens with zero attached hydrogens (tertiary/aromatic N) is 2. The van der Waals surface area contributed by atoms with Gasteiger partial charge in [-0.1, -0.05) is 0 Å². The Bertz CT molecular complexity index is 1050. The summed E-state index contributed by atoms with van der Waals surface area (Å²) in [7, 11) is 1.26. The maximum Gasteiger partial charge on any atom is 0.359 e. The topological polar surface area (TPSA) is 83.6 Å². The lowest BCUT2D eigenvalue weighted by Crippen LogP contribution is -2.11. The summed E-state index contributed by atoms with van der Waals surface area (Å²) in [6, 6.07) is 7.42. The highest BCUT2D eigenvalue weighted by Gasteiger charge is 2.27. The molecule has 3 aromatic rings. The molecule has 0 amide bonds. The van der Waals surface area contributed by atoms with Gasteiger partial charge in [0, 0.05) is 11.3 Å². The Balaban J connectivity index is 1.60. The minimum Gasteiger partial charge on any atom is -0.465 e. The highest BCUT2D eigenvalue weighted by molar-refractivity contribution is 5.91. The standard InChI is InChI=1S/C21H19FN2O5/c1-27-20(25)16-10-11-28-18(16)12-29-21(26)19-15-4-2-3-5-17(15)24(23-19)14-8-6-13(22)7-9-14/h6-11H,2-5,12H2,1H3. The lowest BCUT2D eigenvalue weighted by atomic mass is 9.95. The first-order chi connectivity index (χ1) is 14.1. The van der Waals surface area contributed by atoms with Gasteiger partial charge in [0.2, 0.25) is 0 Å². The number of benzene rings is 1. The number of ether oxygens (including phenoxy) is 2. The average Bonchev–Trinajstić information content (AvgIpc) is 3.37. The van der Waals surface area contributed by atoms with E-state index in [4.69, 9.17) is 9.15 Å². The van der Waals surface area contributed by atoms with Crippen LogP contribution in [0.15, 0.2) is 41.0 Å². The SMILES string of the molecule is COC(=O)c1ccoc1COC(=O)c1nn(-c2ccc(F)cc2)c2c1CCCC2. The van der Waals surface area contributed by atoms with Gasteiger partial charge in [-0.05, 0) is 56.0 Å². The van der Waals surface area contributed by atoms with E-state index in [9.17, 15) is 14.0 Å². The van der Waals surface area contributed by atoms with Crippen molar-refractivity contribution in [1.82, 2.24) is 9.78 Å². The molecular weight excluding hydrogens is 379 g/mol. The average molecular weight is 398 g/mol. The smallest absolute Gasteiger partial charge is 0.359 e. The van der Waals surface area contributed by atoms with Crippen molar-refractivity contribution in [1.29, 1.82) is 0 Å². The maximum atomic E-state index is 13.3. The fourth-order valence-corrected chi connectivity index (χ4v) is 3.50. The largest absolute Gasteiger partial charge is 0.465 e. The molecule has 0 unspecified atom stereocenters. The van der Waals surface area contributed by atoms with Crippen LogP contribution in [0.1, 0.15) is 50.7 Å². The minimum absolute atomic E-state index is 0.206. The number of carbonyl (C=O) groups excluding carboxylic acids is 2. The van der Waals surface area contributed by atoms with Gasteiger partial charge < -0.3 is 13.9 Å². The van der Waals surface area contributed by atoms with Crippen LogP contribution in [0.25, 0.3) is 5.69 Å². The third-order valence-electron chi connectivity index (χ3n) is 4.93. The van der Waals surface area contributed by atoms with Crippen molar-refractivity contribution in [3.63, 3.8) is 0 Å². The Morgan fingerprint density at radius 1 is 1.14 bits per heavy atom. The molecule has 29 heavy (non-hydrogen) atoms. The van der Waals surface area contributed by atoms with Gasteiger partial charge in [0.05, 0.1) is 19.1 Å². The van der Waals surface area contributed by atoms with Gasteiger partial charge in [-0.2, -0.15) is 5.10 Å². The second-order valence-corrected chi connectivity index (χ2v) is 6.69. The molecule has 7 nitrogen and oxygen atoms in total. The molecule has 0 saturated carbocycles. The van der Waals surface area contributed by atoms with Gasteiger partial charge in [-0.25, -0.2) is 18.7 Å². The zero-order chi connectivity index (χ0) is 20.4. The van der Waals surface area contributed by atoms with E-state index in [-0.39, 0.29) is 29.4 Å². The van der Waals surface area contributed by atoms with Gasteiger partial charge in [0.1, 0.15) is 11.4 Å². The highest BCUT2D eigenvalue weighted by Crippen LogP contribution is 2.28. The molecule has 0 saturated heterocycles. The van der Waals surface area contributed by atoms with Crippen molar-refractivity contribution < 1.29 is 27.9 Å². The summed E-state index contributed by atoms with van der Waals surface area (Å²) in [5, 5.41) is 4.46. The number of carbonyl (C=O) groups is 2.